The lowest BCUT2D eigenvalue weighted by Crippen LogP contribution is -2.10. The monoisotopic (exact) mass is 667 g/mol. The van der Waals surface area contributed by atoms with Gasteiger partial charge in [0, 0.05) is 32.3 Å². The van der Waals surface area contributed by atoms with Gasteiger partial charge >= 0.3 is 0 Å². The van der Waals surface area contributed by atoms with Crippen LogP contribution >= 0.6 is 11.3 Å². The van der Waals surface area contributed by atoms with Gasteiger partial charge in [0.1, 0.15) is 5.84 Å². The van der Waals surface area contributed by atoms with E-state index in [4.69, 9.17) is 16.9 Å². The average Bonchev–Trinajstić information content (AvgIpc) is 3.54. The summed E-state index contributed by atoms with van der Waals surface area (Å²) in [6, 6.07) is 59.4. The van der Waals surface area contributed by atoms with E-state index in [0.29, 0.717) is 6.54 Å². The normalized spacial score (nSPS) is 10.5. The molecule has 4 heteroatoms. The van der Waals surface area contributed by atoms with E-state index < -0.39 is 0 Å². The van der Waals surface area contributed by atoms with Gasteiger partial charge in [0.25, 0.3) is 0 Å². The van der Waals surface area contributed by atoms with Crippen molar-refractivity contribution in [2.75, 3.05) is 0 Å². The summed E-state index contributed by atoms with van der Waals surface area (Å²) in [5.74, 6) is 0.128. The molecule has 0 aliphatic carbocycles. The molecule has 0 radical (unpaired) electrons. The topological polar surface area (TPSA) is 75.9 Å². The predicted octanol–water partition coefficient (Wildman–Crippen LogP) is 11.8. The van der Waals surface area contributed by atoms with Gasteiger partial charge in [-0.25, -0.2) is 0 Å². The zero-order valence-corrected chi connectivity index (χ0v) is 29.3. The van der Waals surface area contributed by atoms with E-state index in [2.05, 4.69) is 134 Å². The number of rotatable bonds is 5. The third kappa shape index (κ3) is 8.24. The maximum Gasteiger partial charge on any atom is 0.122 e. The molecular weight excluding hydrogens is 627 g/mol. The van der Waals surface area contributed by atoms with E-state index >= 15 is 0 Å². The number of nitrogen functional groups attached to an aromatic ring is 1. The molecule has 0 bridgehead atoms. The fourth-order valence-electron chi connectivity index (χ4n) is 5.90. The quantitative estimate of drug-likeness (QED) is 0.126. The largest absolute Gasteiger partial charge is 0.384 e. The van der Waals surface area contributed by atoms with Crippen LogP contribution in [0.4, 0.5) is 0 Å². The first kappa shape index (κ1) is 34.1. The van der Waals surface area contributed by atoms with Crippen LogP contribution in [-0.4, -0.2) is 5.84 Å². The molecule has 0 saturated carbocycles. The number of fused-ring (bicyclic) bond motifs is 3. The van der Waals surface area contributed by atoms with Crippen molar-refractivity contribution < 1.29 is 0 Å². The van der Waals surface area contributed by atoms with Crippen LogP contribution in [0.1, 0.15) is 22.3 Å². The number of benzene rings is 7. The first-order valence-corrected chi connectivity index (χ1v) is 17.5. The van der Waals surface area contributed by atoms with Crippen LogP contribution in [0.15, 0.2) is 170 Å². The van der Waals surface area contributed by atoms with Gasteiger partial charge in [0.05, 0.1) is 0 Å². The summed E-state index contributed by atoms with van der Waals surface area (Å²) < 4.78 is 2.64. The zero-order valence-electron chi connectivity index (χ0n) is 28.4. The lowest BCUT2D eigenvalue weighted by Gasteiger charge is -2.08. The second-order valence-corrected chi connectivity index (χ2v) is 13.4. The molecule has 1 heterocycles. The Morgan fingerprint density at radius 2 is 1.08 bits per heavy atom. The fourth-order valence-corrected chi connectivity index (χ4v) is 7.01. The van der Waals surface area contributed by atoms with E-state index in [9.17, 15) is 0 Å². The van der Waals surface area contributed by atoms with E-state index in [0.717, 1.165) is 16.7 Å². The van der Waals surface area contributed by atoms with Gasteiger partial charge < -0.3 is 11.5 Å². The van der Waals surface area contributed by atoms with Crippen LogP contribution in [0.25, 0.3) is 53.6 Å². The molecule has 8 aromatic rings. The van der Waals surface area contributed by atoms with Crippen LogP contribution in [0.5, 0.6) is 0 Å². The molecule has 0 spiro atoms. The molecule has 5 N–H and O–H groups in total. The highest BCUT2D eigenvalue weighted by atomic mass is 32.1. The number of thiophene rings is 1. The molecule has 0 saturated heterocycles. The van der Waals surface area contributed by atoms with Gasteiger partial charge in [-0.2, -0.15) is 0 Å². The zero-order chi connectivity index (χ0) is 34.9. The Morgan fingerprint density at radius 1 is 0.520 bits per heavy atom. The fraction of sp³-hybridized carbons (Fsp3) is 0.0652. The Bertz CT molecular complexity index is 2320. The summed E-state index contributed by atoms with van der Waals surface area (Å²) in [4.78, 5) is 0. The molecule has 0 unspecified atom stereocenters. The molecule has 7 aromatic carbocycles. The summed E-state index contributed by atoms with van der Waals surface area (Å²) in [6.07, 6.45) is 0. The van der Waals surface area contributed by atoms with Crippen LogP contribution in [-0.2, 0) is 6.54 Å². The summed E-state index contributed by atoms with van der Waals surface area (Å²) in [5.41, 5.74) is 22.9. The smallest absolute Gasteiger partial charge is 0.122 e. The van der Waals surface area contributed by atoms with E-state index in [1.54, 1.807) is 0 Å². The van der Waals surface area contributed by atoms with Crippen molar-refractivity contribution in [2.24, 2.45) is 11.5 Å². The molecule has 8 rings (SSSR count). The third-order valence-corrected chi connectivity index (χ3v) is 9.73. The van der Waals surface area contributed by atoms with Crippen LogP contribution in [0.3, 0.4) is 0 Å². The van der Waals surface area contributed by atoms with E-state index in [1.165, 1.54) is 59.1 Å². The summed E-state index contributed by atoms with van der Waals surface area (Å²) in [7, 11) is 0. The van der Waals surface area contributed by atoms with Crippen molar-refractivity contribution in [1.82, 2.24) is 0 Å². The molecule has 246 valence electrons. The van der Waals surface area contributed by atoms with Gasteiger partial charge in [-0.05, 0) is 77.1 Å². The minimum atomic E-state index is 0.128. The van der Waals surface area contributed by atoms with Gasteiger partial charge in [-0.1, -0.05) is 157 Å². The Hall–Kier alpha value is -5.81. The highest BCUT2D eigenvalue weighted by Crippen LogP contribution is 2.41. The lowest BCUT2D eigenvalue weighted by molar-refractivity contribution is 1.07. The Kier molecular flexibility index (Phi) is 10.9. The van der Waals surface area contributed by atoms with Gasteiger partial charge in [-0.15, -0.1) is 11.3 Å². The number of amidine groups is 1. The first-order valence-electron chi connectivity index (χ1n) is 16.7. The minimum absolute atomic E-state index is 0.128. The third-order valence-electron chi connectivity index (χ3n) is 8.59. The van der Waals surface area contributed by atoms with Gasteiger partial charge in [0.2, 0.25) is 0 Å². The van der Waals surface area contributed by atoms with Crippen LogP contribution in [0, 0.1) is 19.3 Å². The van der Waals surface area contributed by atoms with E-state index in [-0.39, 0.29) is 5.84 Å². The second kappa shape index (κ2) is 16.1. The van der Waals surface area contributed by atoms with Crippen molar-refractivity contribution in [3.63, 3.8) is 0 Å². The predicted molar refractivity (Wildman–Crippen MR) is 217 cm³/mol. The van der Waals surface area contributed by atoms with Gasteiger partial charge in [0.15, 0.2) is 0 Å². The molecule has 0 atom stereocenters. The van der Waals surface area contributed by atoms with Crippen molar-refractivity contribution in [3.8, 4) is 33.4 Å². The number of hydrogen-bond acceptors (Lipinski definition) is 3. The van der Waals surface area contributed by atoms with Crippen molar-refractivity contribution in [2.45, 2.75) is 20.4 Å². The molecule has 0 amide bonds. The number of nitrogens with two attached hydrogens (primary N) is 2. The highest BCUT2D eigenvalue weighted by Gasteiger charge is 2.12. The summed E-state index contributed by atoms with van der Waals surface area (Å²) >= 11 is 1.86. The van der Waals surface area contributed by atoms with Gasteiger partial charge in [-0.3, -0.25) is 5.41 Å². The van der Waals surface area contributed by atoms with Crippen molar-refractivity contribution in [3.05, 3.63) is 192 Å². The maximum absolute atomic E-state index is 7.11. The lowest BCUT2D eigenvalue weighted by atomic mass is 9.96. The number of nitrogens with one attached hydrogen (secondary N) is 1. The van der Waals surface area contributed by atoms with Crippen molar-refractivity contribution >= 4 is 37.3 Å². The molecule has 50 heavy (non-hydrogen) atoms. The number of hydrogen-bond donors (Lipinski definition) is 3. The number of aryl methyl sites for hydroxylation is 2. The molecule has 0 aliphatic rings. The molecule has 0 aliphatic heterocycles. The van der Waals surface area contributed by atoms with E-state index in [1.807, 2.05) is 60.7 Å². The molecule has 3 nitrogen and oxygen atoms in total. The molecular formula is C46H41N3S. The average molecular weight is 668 g/mol. The molecule has 1 aromatic heterocycles. The summed E-state index contributed by atoms with van der Waals surface area (Å²) in [5, 5.41) is 9.76. The Labute approximate surface area is 299 Å². The van der Waals surface area contributed by atoms with Crippen LogP contribution in [0.2, 0.25) is 0 Å². The standard InChI is InChI=1S/C31H23NS.C8H10N2.C7H8/c32-20-21-9-11-25(12-10-21)27-7-4-8-30-31(27)28-19-26(17-18-29(28)33-30)24-15-13-23(14-16-24)22-5-2-1-3-6-22;1-6-3-2-4-7(5-6)8(9)10;1-7-5-3-2-4-6-7/h1-19H,20,32H2;2-5H,1H3,(H3,9,10);2-6H,1H3. The Morgan fingerprint density at radius 3 is 1.66 bits per heavy atom. The maximum atomic E-state index is 7.11. The first-order chi connectivity index (χ1) is 24.4. The highest BCUT2D eigenvalue weighted by molar-refractivity contribution is 7.26. The van der Waals surface area contributed by atoms with Crippen molar-refractivity contribution in [1.29, 1.82) is 5.41 Å². The summed E-state index contributed by atoms with van der Waals surface area (Å²) in [6.45, 7) is 4.63. The SMILES string of the molecule is Cc1cccc(C(=N)N)c1.Cc1ccccc1.NCc1ccc(-c2cccc3sc4ccc(-c5ccc(-c6ccccc6)cc5)cc4c23)cc1. The second-order valence-electron chi connectivity index (χ2n) is 12.3. The Balaban J connectivity index is 0.000000208. The minimum Gasteiger partial charge on any atom is -0.384 e. The molecule has 0 fully saturated rings. The van der Waals surface area contributed by atoms with Crippen LogP contribution < -0.4 is 11.5 Å².